The van der Waals surface area contributed by atoms with Gasteiger partial charge in [-0.1, -0.05) is 30.3 Å². The highest BCUT2D eigenvalue weighted by Gasteiger charge is 2.30. The molecule has 0 unspecified atom stereocenters. The van der Waals surface area contributed by atoms with Gasteiger partial charge in [-0.25, -0.2) is 4.98 Å². The summed E-state index contributed by atoms with van der Waals surface area (Å²) < 4.78 is 7.01. The molecule has 2 aromatic heterocycles. The summed E-state index contributed by atoms with van der Waals surface area (Å²) in [6, 6.07) is 15.3. The van der Waals surface area contributed by atoms with Gasteiger partial charge >= 0.3 is 0 Å². The minimum absolute atomic E-state index is 0.0634. The molecule has 0 radical (unpaired) electrons. The standard InChI is InChI=1S/C21H17N3O3/c1-13-10-14-6-2-4-8-16(14)24(13)18(25)11-23-12-22-19-15-7-3-5-9-17(15)27-20(19)21(23)26/h2-9,12-13H,10-11H2,1H3/t13-/m1/s1. The number of rotatable bonds is 2. The second-order valence-electron chi connectivity index (χ2n) is 6.90. The highest BCUT2D eigenvalue weighted by Crippen LogP contribution is 2.32. The number of furan rings is 1. The van der Waals surface area contributed by atoms with Crippen molar-refractivity contribution in [3.63, 3.8) is 0 Å². The van der Waals surface area contributed by atoms with E-state index in [-0.39, 0.29) is 29.6 Å². The molecule has 1 atom stereocenters. The van der Waals surface area contributed by atoms with E-state index in [2.05, 4.69) is 4.98 Å². The lowest BCUT2D eigenvalue weighted by molar-refractivity contribution is -0.119. The van der Waals surface area contributed by atoms with Gasteiger partial charge in [0.2, 0.25) is 11.5 Å². The summed E-state index contributed by atoms with van der Waals surface area (Å²) in [7, 11) is 0. The van der Waals surface area contributed by atoms with Crippen LogP contribution in [0.1, 0.15) is 12.5 Å². The summed E-state index contributed by atoms with van der Waals surface area (Å²) in [6.07, 6.45) is 2.24. The van der Waals surface area contributed by atoms with Gasteiger partial charge in [-0.05, 0) is 37.1 Å². The average Bonchev–Trinajstić information content (AvgIpc) is 3.21. The Balaban J connectivity index is 1.53. The molecule has 2 aromatic carbocycles. The zero-order valence-corrected chi connectivity index (χ0v) is 14.8. The van der Waals surface area contributed by atoms with Crippen LogP contribution in [-0.2, 0) is 17.8 Å². The van der Waals surface area contributed by atoms with Crippen LogP contribution in [0.15, 0.2) is 64.1 Å². The molecule has 1 aliphatic heterocycles. The predicted octanol–water partition coefficient (Wildman–Crippen LogP) is 3.12. The first-order valence-corrected chi connectivity index (χ1v) is 8.90. The normalized spacial score (nSPS) is 16.2. The Morgan fingerprint density at radius 2 is 1.96 bits per heavy atom. The number of hydrogen-bond donors (Lipinski definition) is 0. The number of aromatic nitrogens is 2. The number of hydrogen-bond acceptors (Lipinski definition) is 4. The molecule has 134 valence electrons. The molecule has 0 N–H and O–H groups in total. The summed E-state index contributed by atoms with van der Waals surface area (Å²) in [4.78, 5) is 31.9. The van der Waals surface area contributed by atoms with E-state index >= 15 is 0 Å². The van der Waals surface area contributed by atoms with Crippen molar-refractivity contribution in [3.05, 3.63) is 70.8 Å². The van der Waals surface area contributed by atoms with Crippen LogP contribution in [0, 0.1) is 0 Å². The fraction of sp³-hybridized carbons (Fsp3) is 0.190. The third kappa shape index (κ3) is 2.37. The van der Waals surface area contributed by atoms with Gasteiger partial charge in [0.25, 0.3) is 5.56 Å². The lowest BCUT2D eigenvalue weighted by Gasteiger charge is -2.23. The van der Waals surface area contributed by atoms with E-state index in [4.69, 9.17) is 4.42 Å². The number of amides is 1. The van der Waals surface area contributed by atoms with Gasteiger partial charge in [-0.2, -0.15) is 0 Å². The van der Waals surface area contributed by atoms with Gasteiger partial charge in [0, 0.05) is 17.1 Å². The molecule has 3 heterocycles. The minimum atomic E-state index is -0.343. The Kier molecular flexibility index (Phi) is 3.40. The summed E-state index contributed by atoms with van der Waals surface area (Å²) in [5.74, 6) is -0.133. The second-order valence-corrected chi connectivity index (χ2v) is 6.90. The van der Waals surface area contributed by atoms with E-state index < -0.39 is 0 Å². The van der Waals surface area contributed by atoms with Crippen molar-refractivity contribution in [3.8, 4) is 0 Å². The Morgan fingerprint density at radius 1 is 1.19 bits per heavy atom. The lowest BCUT2D eigenvalue weighted by atomic mass is 10.1. The van der Waals surface area contributed by atoms with Gasteiger partial charge in [0.1, 0.15) is 17.6 Å². The summed E-state index contributed by atoms with van der Waals surface area (Å²) in [5.41, 5.74) is 3.05. The third-order valence-corrected chi connectivity index (χ3v) is 5.13. The largest absolute Gasteiger partial charge is 0.448 e. The number of fused-ring (bicyclic) bond motifs is 4. The number of anilines is 1. The molecule has 0 aliphatic carbocycles. The SMILES string of the molecule is C[C@@H]1Cc2ccccc2N1C(=O)Cn1cnc2c(oc3ccccc32)c1=O. The van der Waals surface area contributed by atoms with Crippen LogP contribution in [0.5, 0.6) is 0 Å². The fourth-order valence-corrected chi connectivity index (χ4v) is 3.90. The maximum absolute atomic E-state index is 13.0. The van der Waals surface area contributed by atoms with E-state index in [0.29, 0.717) is 11.1 Å². The molecule has 0 saturated carbocycles. The Labute approximate surface area is 154 Å². The first kappa shape index (κ1) is 15.8. The number of carbonyl (C=O) groups is 1. The number of nitrogens with zero attached hydrogens (tertiary/aromatic N) is 3. The van der Waals surface area contributed by atoms with Crippen molar-refractivity contribution in [2.45, 2.75) is 25.9 Å². The quantitative estimate of drug-likeness (QED) is 0.551. The van der Waals surface area contributed by atoms with Gasteiger partial charge in [0.05, 0.1) is 6.33 Å². The van der Waals surface area contributed by atoms with E-state index in [9.17, 15) is 9.59 Å². The molecule has 1 aliphatic rings. The maximum Gasteiger partial charge on any atom is 0.297 e. The zero-order chi connectivity index (χ0) is 18.5. The molecule has 1 amide bonds. The molecule has 6 heteroatoms. The van der Waals surface area contributed by atoms with Crippen LogP contribution < -0.4 is 10.5 Å². The van der Waals surface area contributed by atoms with Crippen molar-refractivity contribution >= 4 is 33.7 Å². The number of para-hydroxylation sites is 2. The van der Waals surface area contributed by atoms with Gasteiger partial charge < -0.3 is 9.32 Å². The Hall–Kier alpha value is -3.41. The molecule has 0 bridgehead atoms. The summed E-state index contributed by atoms with van der Waals surface area (Å²) in [6.45, 7) is 1.94. The molecule has 5 rings (SSSR count). The number of benzene rings is 2. The van der Waals surface area contributed by atoms with Crippen molar-refractivity contribution in [2.75, 3.05) is 4.90 Å². The third-order valence-electron chi connectivity index (χ3n) is 5.13. The summed E-state index contributed by atoms with van der Waals surface area (Å²) >= 11 is 0. The van der Waals surface area contributed by atoms with Crippen LogP contribution in [0.25, 0.3) is 22.1 Å². The smallest absolute Gasteiger partial charge is 0.297 e. The zero-order valence-electron chi connectivity index (χ0n) is 14.8. The van der Waals surface area contributed by atoms with Crippen molar-refractivity contribution in [1.29, 1.82) is 0 Å². The van der Waals surface area contributed by atoms with Gasteiger partial charge in [0.15, 0.2) is 0 Å². The molecule has 0 fully saturated rings. The predicted molar refractivity (Wildman–Crippen MR) is 103 cm³/mol. The van der Waals surface area contributed by atoms with E-state index in [1.54, 1.807) is 11.0 Å². The first-order chi connectivity index (χ1) is 13.1. The molecule has 0 saturated heterocycles. The fourth-order valence-electron chi connectivity index (χ4n) is 3.90. The van der Waals surface area contributed by atoms with Crippen molar-refractivity contribution < 1.29 is 9.21 Å². The van der Waals surface area contributed by atoms with Gasteiger partial charge in [-0.15, -0.1) is 0 Å². The molecule has 4 aromatic rings. The van der Waals surface area contributed by atoms with E-state index in [1.165, 1.54) is 10.9 Å². The summed E-state index contributed by atoms with van der Waals surface area (Å²) in [5, 5.41) is 0.796. The monoisotopic (exact) mass is 359 g/mol. The lowest BCUT2D eigenvalue weighted by Crippen LogP contribution is -2.40. The highest BCUT2D eigenvalue weighted by molar-refractivity contribution is 6.02. The van der Waals surface area contributed by atoms with Crippen LogP contribution in [0.3, 0.4) is 0 Å². The number of carbonyl (C=O) groups excluding carboxylic acids is 1. The van der Waals surface area contributed by atoms with Crippen LogP contribution in [-0.4, -0.2) is 21.5 Å². The first-order valence-electron chi connectivity index (χ1n) is 8.90. The van der Waals surface area contributed by atoms with Crippen molar-refractivity contribution in [2.24, 2.45) is 0 Å². The topological polar surface area (TPSA) is 68.3 Å². The van der Waals surface area contributed by atoms with E-state index in [0.717, 1.165) is 23.1 Å². The molecule has 27 heavy (non-hydrogen) atoms. The van der Waals surface area contributed by atoms with Crippen LogP contribution in [0.4, 0.5) is 5.69 Å². The van der Waals surface area contributed by atoms with Crippen LogP contribution >= 0.6 is 0 Å². The second kappa shape index (κ2) is 5.81. The average molecular weight is 359 g/mol. The van der Waals surface area contributed by atoms with Crippen LogP contribution in [0.2, 0.25) is 0 Å². The van der Waals surface area contributed by atoms with Crippen molar-refractivity contribution in [1.82, 2.24) is 9.55 Å². The van der Waals surface area contributed by atoms with E-state index in [1.807, 2.05) is 49.4 Å². The highest BCUT2D eigenvalue weighted by atomic mass is 16.3. The molecule has 6 nitrogen and oxygen atoms in total. The Morgan fingerprint density at radius 3 is 2.85 bits per heavy atom. The minimum Gasteiger partial charge on any atom is -0.448 e. The van der Waals surface area contributed by atoms with Gasteiger partial charge in [-0.3, -0.25) is 14.2 Å². The molecule has 0 spiro atoms. The maximum atomic E-state index is 13.0. The molecular weight excluding hydrogens is 342 g/mol. The Bertz CT molecular complexity index is 1250. The molecular formula is C21H17N3O3.